The van der Waals surface area contributed by atoms with Gasteiger partial charge in [0, 0.05) is 10.9 Å². The number of amidine groups is 1. The van der Waals surface area contributed by atoms with Crippen molar-refractivity contribution in [2.75, 3.05) is 0 Å². The number of aryl methyl sites for hydroxylation is 1. The average molecular weight is 267 g/mol. The van der Waals surface area contributed by atoms with Gasteiger partial charge in [0.15, 0.2) is 0 Å². The highest BCUT2D eigenvalue weighted by molar-refractivity contribution is 9.10. The zero-order chi connectivity index (χ0) is 10.7. The number of aliphatic imine (C=N–C) groups is 1. The van der Waals surface area contributed by atoms with Crippen molar-refractivity contribution >= 4 is 21.8 Å². The number of nitrogens with zero attached hydrogens (tertiary/aromatic N) is 1. The Hall–Kier alpha value is -0.830. The highest BCUT2D eigenvalue weighted by Gasteiger charge is 2.14. The molecule has 0 saturated heterocycles. The molecular formula is C12H15BrN2. The first kappa shape index (κ1) is 10.7. The van der Waals surface area contributed by atoms with Gasteiger partial charge in [-0.1, -0.05) is 28.1 Å². The number of hydrogen-bond donors (Lipinski definition) is 1. The van der Waals surface area contributed by atoms with E-state index in [2.05, 4.69) is 45.2 Å². The lowest BCUT2D eigenvalue weighted by molar-refractivity contribution is 0.614. The van der Waals surface area contributed by atoms with Gasteiger partial charge in [0.05, 0.1) is 11.9 Å². The van der Waals surface area contributed by atoms with E-state index in [0.29, 0.717) is 6.04 Å². The summed E-state index contributed by atoms with van der Waals surface area (Å²) in [5, 5.41) is 0. The number of benzene rings is 1. The van der Waals surface area contributed by atoms with Gasteiger partial charge in [0.2, 0.25) is 0 Å². The van der Waals surface area contributed by atoms with E-state index in [0.717, 1.165) is 36.0 Å². The standard InChI is InChI=1S/C12H15BrN2/c13-10-3-1-2-9(8-10)4-5-11-6-7-12(14)15-11/h1-3,8,11H,4-7H2,(H2,14,15)/t11-/m0/s1. The van der Waals surface area contributed by atoms with Crippen LogP contribution >= 0.6 is 15.9 Å². The Kier molecular flexibility index (Phi) is 3.41. The van der Waals surface area contributed by atoms with Crippen LogP contribution in [-0.2, 0) is 6.42 Å². The van der Waals surface area contributed by atoms with Crippen LogP contribution in [0.25, 0.3) is 0 Å². The van der Waals surface area contributed by atoms with Crippen molar-refractivity contribution in [1.29, 1.82) is 0 Å². The molecule has 1 aromatic rings. The van der Waals surface area contributed by atoms with Crippen molar-refractivity contribution in [3.63, 3.8) is 0 Å². The first-order valence-electron chi connectivity index (χ1n) is 5.30. The predicted octanol–water partition coefficient (Wildman–Crippen LogP) is 2.90. The molecule has 80 valence electrons. The Morgan fingerprint density at radius 3 is 3.00 bits per heavy atom. The first-order valence-corrected chi connectivity index (χ1v) is 6.10. The predicted molar refractivity (Wildman–Crippen MR) is 67.1 cm³/mol. The molecular weight excluding hydrogens is 252 g/mol. The summed E-state index contributed by atoms with van der Waals surface area (Å²) in [6.45, 7) is 0. The minimum atomic E-state index is 0.448. The minimum Gasteiger partial charge on any atom is -0.387 e. The third kappa shape index (κ3) is 3.06. The smallest absolute Gasteiger partial charge is 0.0941 e. The zero-order valence-corrected chi connectivity index (χ0v) is 10.2. The Bertz CT molecular complexity index is 374. The van der Waals surface area contributed by atoms with Crippen LogP contribution in [0.15, 0.2) is 33.7 Å². The first-order chi connectivity index (χ1) is 7.24. The molecule has 0 unspecified atom stereocenters. The molecule has 2 N–H and O–H groups in total. The van der Waals surface area contributed by atoms with Crippen molar-refractivity contribution < 1.29 is 0 Å². The molecule has 2 rings (SSSR count). The molecule has 3 heteroatoms. The van der Waals surface area contributed by atoms with Crippen molar-refractivity contribution in [3.05, 3.63) is 34.3 Å². The molecule has 0 spiro atoms. The Balaban J connectivity index is 1.88. The molecule has 0 amide bonds. The van der Waals surface area contributed by atoms with Gasteiger partial charge < -0.3 is 5.73 Å². The maximum atomic E-state index is 5.66. The van der Waals surface area contributed by atoms with E-state index in [4.69, 9.17) is 5.73 Å². The van der Waals surface area contributed by atoms with Crippen LogP contribution in [0.2, 0.25) is 0 Å². The highest BCUT2D eigenvalue weighted by Crippen LogP contribution is 2.18. The summed E-state index contributed by atoms with van der Waals surface area (Å²) in [5.74, 6) is 0.828. The van der Waals surface area contributed by atoms with Gasteiger partial charge in [-0.05, 0) is 37.0 Å². The molecule has 1 atom stereocenters. The molecule has 0 radical (unpaired) electrons. The number of nitrogens with two attached hydrogens (primary N) is 1. The van der Waals surface area contributed by atoms with Crippen LogP contribution < -0.4 is 5.73 Å². The van der Waals surface area contributed by atoms with Crippen molar-refractivity contribution in [3.8, 4) is 0 Å². The van der Waals surface area contributed by atoms with Crippen LogP contribution in [0, 0.1) is 0 Å². The largest absolute Gasteiger partial charge is 0.387 e. The Labute approximate surface area is 98.7 Å². The SMILES string of the molecule is NC1=N[C@@H](CCc2cccc(Br)c2)CC1. The quantitative estimate of drug-likeness (QED) is 0.898. The molecule has 0 bridgehead atoms. The Morgan fingerprint density at radius 1 is 1.47 bits per heavy atom. The molecule has 0 aromatic heterocycles. The van der Waals surface area contributed by atoms with Gasteiger partial charge in [-0.2, -0.15) is 0 Å². The fourth-order valence-corrected chi connectivity index (χ4v) is 2.36. The second-order valence-electron chi connectivity index (χ2n) is 3.98. The molecule has 2 nitrogen and oxygen atoms in total. The topological polar surface area (TPSA) is 38.4 Å². The van der Waals surface area contributed by atoms with Gasteiger partial charge in [0.1, 0.15) is 0 Å². The van der Waals surface area contributed by atoms with E-state index in [9.17, 15) is 0 Å². The van der Waals surface area contributed by atoms with Crippen LogP contribution in [0.5, 0.6) is 0 Å². The summed E-state index contributed by atoms with van der Waals surface area (Å²) in [7, 11) is 0. The molecule has 1 heterocycles. The molecule has 1 aromatic carbocycles. The summed E-state index contributed by atoms with van der Waals surface area (Å²) in [6, 6.07) is 8.90. The van der Waals surface area contributed by atoms with Gasteiger partial charge in [-0.25, -0.2) is 0 Å². The second-order valence-corrected chi connectivity index (χ2v) is 4.90. The third-order valence-electron chi connectivity index (χ3n) is 2.74. The molecule has 0 aliphatic carbocycles. The fourth-order valence-electron chi connectivity index (χ4n) is 1.91. The number of rotatable bonds is 3. The minimum absolute atomic E-state index is 0.448. The van der Waals surface area contributed by atoms with E-state index >= 15 is 0 Å². The number of hydrogen-bond acceptors (Lipinski definition) is 2. The Morgan fingerprint density at radius 2 is 2.33 bits per heavy atom. The van der Waals surface area contributed by atoms with Crippen molar-refractivity contribution in [1.82, 2.24) is 0 Å². The van der Waals surface area contributed by atoms with Gasteiger partial charge in [-0.3, -0.25) is 4.99 Å². The van der Waals surface area contributed by atoms with Crippen LogP contribution in [-0.4, -0.2) is 11.9 Å². The molecule has 1 aliphatic rings. The highest BCUT2D eigenvalue weighted by atomic mass is 79.9. The second kappa shape index (κ2) is 4.79. The number of halogens is 1. The lowest BCUT2D eigenvalue weighted by Crippen LogP contribution is -2.06. The summed E-state index contributed by atoms with van der Waals surface area (Å²) < 4.78 is 1.15. The lowest BCUT2D eigenvalue weighted by atomic mass is 10.0. The maximum Gasteiger partial charge on any atom is 0.0941 e. The van der Waals surface area contributed by atoms with Gasteiger partial charge in [-0.15, -0.1) is 0 Å². The van der Waals surface area contributed by atoms with Crippen LogP contribution in [0.1, 0.15) is 24.8 Å². The monoisotopic (exact) mass is 266 g/mol. The van der Waals surface area contributed by atoms with E-state index in [1.807, 2.05) is 0 Å². The van der Waals surface area contributed by atoms with Crippen molar-refractivity contribution in [2.45, 2.75) is 31.7 Å². The van der Waals surface area contributed by atoms with E-state index in [1.165, 1.54) is 5.56 Å². The summed E-state index contributed by atoms with van der Waals surface area (Å²) in [5.41, 5.74) is 7.03. The van der Waals surface area contributed by atoms with Gasteiger partial charge in [0.25, 0.3) is 0 Å². The van der Waals surface area contributed by atoms with Crippen molar-refractivity contribution in [2.24, 2.45) is 10.7 Å². The third-order valence-corrected chi connectivity index (χ3v) is 3.23. The summed E-state index contributed by atoms with van der Waals surface area (Å²) >= 11 is 3.48. The lowest BCUT2D eigenvalue weighted by Gasteiger charge is -2.06. The average Bonchev–Trinajstić information content (AvgIpc) is 2.62. The van der Waals surface area contributed by atoms with E-state index < -0.39 is 0 Å². The van der Waals surface area contributed by atoms with E-state index in [1.54, 1.807) is 0 Å². The van der Waals surface area contributed by atoms with Crippen LogP contribution in [0.4, 0.5) is 0 Å². The molecule has 1 aliphatic heterocycles. The molecule has 0 saturated carbocycles. The van der Waals surface area contributed by atoms with E-state index in [-0.39, 0.29) is 0 Å². The molecule has 0 fully saturated rings. The molecule has 15 heavy (non-hydrogen) atoms. The van der Waals surface area contributed by atoms with Crippen LogP contribution in [0.3, 0.4) is 0 Å². The zero-order valence-electron chi connectivity index (χ0n) is 8.62. The summed E-state index contributed by atoms with van der Waals surface area (Å²) in [6.07, 6.45) is 4.29. The normalized spacial score (nSPS) is 20.3. The van der Waals surface area contributed by atoms with Gasteiger partial charge >= 0.3 is 0 Å². The fraction of sp³-hybridized carbons (Fsp3) is 0.417. The maximum absolute atomic E-state index is 5.66. The summed E-state index contributed by atoms with van der Waals surface area (Å²) in [4.78, 5) is 4.41.